The van der Waals surface area contributed by atoms with Gasteiger partial charge in [0, 0.05) is 13.0 Å². The van der Waals surface area contributed by atoms with Crippen molar-refractivity contribution < 1.29 is 14.3 Å². The molecule has 1 saturated carbocycles. The lowest BCUT2D eigenvalue weighted by atomic mass is 9.97. The first-order valence-electron chi connectivity index (χ1n) is 7.49. The van der Waals surface area contributed by atoms with Crippen LogP contribution in [0, 0.1) is 5.92 Å². The molecule has 112 valence electrons. The molecular weight excluding hydrogens is 242 g/mol. The van der Waals surface area contributed by atoms with Gasteiger partial charge in [-0.2, -0.15) is 0 Å². The van der Waals surface area contributed by atoms with Crippen LogP contribution in [-0.2, 0) is 14.3 Å². The van der Waals surface area contributed by atoms with Crippen LogP contribution >= 0.6 is 0 Å². The lowest BCUT2D eigenvalue weighted by molar-refractivity contribution is -0.148. The van der Waals surface area contributed by atoms with Gasteiger partial charge in [0.05, 0.1) is 13.2 Å². The Bertz CT molecular complexity index is 281. The van der Waals surface area contributed by atoms with Crippen molar-refractivity contribution in [1.29, 1.82) is 0 Å². The Morgan fingerprint density at radius 2 is 2.21 bits per heavy atom. The third-order valence-corrected chi connectivity index (χ3v) is 3.81. The molecular formula is C15H29NO3. The van der Waals surface area contributed by atoms with E-state index in [2.05, 4.69) is 26.1 Å². The molecule has 0 spiro atoms. The molecule has 4 nitrogen and oxygen atoms in total. The van der Waals surface area contributed by atoms with Crippen LogP contribution in [0.15, 0.2) is 0 Å². The van der Waals surface area contributed by atoms with E-state index in [4.69, 9.17) is 9.47 Å². The highest BCUT2D eigenvalue weighted by Crippen LogP contribution is 2.33. The second kappa shape index (κ2) is 7.85. The molecule has 0 aromatic rings. The number of hydrogen-bond donors (Lipinski definition) is 1. The molecule has 0 aliphatic heterocycles. The topological polar surface area (TPSA) is 47.6 Å². The van der Waals surface area contributed by atoms with E-state index in [9.17, 15) is 4.79 Å². The van der Waals surface area contributed by atoms with Crippen LogP contribution in [0.3, 0.4) is 0 Å². The van der Waals surface area contributed by atoms with Crippen molar-refractivity contribution in [3.63, 3.8) is 0 Å². The first-order valence-corrected chi connectivity index (χ1v) is 7.49. The molecule has 1 N–H and O–H groups in total. The Morgan fingerprint density at radius 1 is 1.47 bits per heavy atom. The van der Waals surface area contributed by atoms with Gasteiger partial charge in [-0.1, -0.05) is 20.8 Å². The van der Waals surface area contributed by atoms with Crippen molar-refractivity contribution >= 4 is 5.97 Å². The van der Waals surface area contributed by atoms with E-state index in [0.29, 0.717) is 5.92 Å². The van der Waals surface area contributed by atoms with Crippen molar-refractivity contribution in [1.82, 2.24) is 5.32 Å². The third-order valence-electron chi connectivity index (χ3n) is 3.81. The number of methoxy groups -OCH3 is 1. The second-order valence-corrected chi connectivity index (χ2v) is 5.92. The SMILES string of the molecule is CCCNC1(C(=O)OC)CCC(OCCC(C)C)C1. The van der Waals surface area contributed by atoms with Crippen LogP contribution in [0.4, 0.5) is 0 Å². The van der Waals surface area contributed by atoms with Gasteiger partial charge in [0.25, 0.3) is 0 Å². The smallest absolute Gasteiger partial charge is 0.326 e. The summed E-state index contributed by atoms with van der Waals surface area (Å²) in [6, 6.07) is 0. The Morgan fingerprint density at radius 3 is 2.79 bits per heavy atom. The molecule has 0 aromatic carbocycles. The van der Waals surface area contributed by atoms with E-state index in [1.165, 1.54) is 7.11 Å². The molecule has 0 radical (unpaired) electrons. The largest absolute Gasteiger partial charge is 0.468 e. The van der Waals surface area contributed by atoms with Gasteiger partial charge in [0.15, 0.2) is 0 Å². The molecule has 0 bridgehead atoms. The Balaban J connectivity index is 2.49. The number of carbonyl (C=O) groups is 1. The number of carbonyl (C=O) groups excluding carboxylic acids is 1. The summed E-state index contributed by atoms with van der Waals surface area (Å²) in [5, 5.41) is 3.37. The zero-order valence-electron chi connectivity index (χ0n) is 12.8. The molecule has 4 heteroatoms. The normalized spacial score (nSPS) is 26.9. The average Bonchev–Trinajstić information content (AvgIpc) is 2.80. The average molecular weight is 271 g/mol. The molecule has 0 heterocycles. The van der Waals surface area contributed by atoms with Gasteiger partial charge in [-0.05, 0) is 38.1 Å². The van der Waals surface area contributed by atoms with Crippen LogP contribution in [0.2, 0.25) is 0 Å². The highest BCUT2D eigenvalue weighted by Gasteiger charge is 2.46. The van der Waals surface area contributed by atoms with Gasteiger partial charge in [-0.3, -0.25) is 4.79 Å². The van der Waals surface area contributed by atoms with E-state index < -0.39 is 5.54 Å². The fourth-order valence-corrected chi connectivity index (χ4v) is 2.59. The van der Waals surface area contributed by atoms with Crippen LogP contribution in [0.25, 0.3) is 0 Å². The summed E-state index contributed by atoms with van der Waals surface area (Å²) in [7, 11) is 1.46. The van der Waals surface area contributed by atoms with E-state index >= 15 is 0 Å². The highest BCUT2D eigenvalue weighted by atomic mass is 16.5. The minimum atomic E-state index is -0.521. The fourth-order valence-electron chi connectivity index (χ4n) is 2.59. The van der Waals surface area contributed by atoms with Crippen molar-refractivity contribution in [2.75, 3.05) is 20.3 Å². The Kier molecular flexibility index (Phi) is 6.80. The predicted octanol–water partition coefficient (Wildman–Crippen LogP) is 2.51. The second-order valence-electron chi connectivity index (χ2n) is 5.92. The highest BCUT2D eigenvalue weighted by molar-refractivity contribution is 5.81. The Labute approximate surface area is 117 Å². The van der Waals surface area contributed by atoms with Crippen molar-refractivity contribution in [3.8, 4) is 0 Å². The molecule has 1 aliphatic rings. The number of rotatable bonds is 8. The van der Waals surface area contributed by atoms with E-state index in [0.717, 1.165) is 45.3 Å². The van der Waals surface area contributed by atoms with Crippen LogP contribution < -0.4 is 5.32 Å². The van der Waals surface area contributed by atoms with Gasteiger partial charge in [-0.15, -0.1) is 0 Å². The van der Waals surface area contributed by atoms with Gasteiger partial charge >= 0.3 is 5.97 Å². The maximum atomic E-state index is 12.0. The molecule has 0 aromatic heterocycles. The summed E-state index contributed by atoms with van der Waals surface area (Å²) in [6.45, 7) is 8.11. The zero-order valence-corrected chi connectivity index (χ0v) is 12.8. The summed E-state index contributed by atoms with van der Waals surface area (Å²) >= 11 is 0. The number of hydrogen-bond acceptors (Lipinski definition) is 4. The summed E-state index contributed by atoms with van der Waals surface area (Å²) in [4.78, 5) is 12.0. The molecule has 2 atom stereocenters. The number of nitrogens with one attached hydrogen (secondary N) is 1. The number of esters is 1. The summed E-state index contributed by atoms with van der Waals surface area (Å²) < 4.78 is 10.9. The molecule has 1 rings (SSSR count). The summed E-state index contributed by atoms with van der Waals surface area (Å²) in [6.07, 6.45) is 4.75. The molecule has 19 heavy (non-hydrogen) atoms. The molecule has 0 amide bonds. The fraction of sp³-hybridized carbons (Fsp3) is 0.933. The lowest BCUT2D eigenvalue weighted by Crippen LogP contribution is -2.51. The molecule has 0 saturated heterocycles. The van der Waals surface area contributed by atoms with Gasteiger partial charge in [0.2, 0.25) is 0 Å². The minimum absolute atomic E-state index is 0.143. The Hall–Kier alpha value is -0.610. The quantitative estimate of drug-likeness (QED) is 0.689. The first kappa shape index (κ1) is 16.4. The maximum Gasteiger partial charge on any atom is 0.326 e. The third kappa shape index (κ3) is 4.77. The molecule has 1 aliphatic carbocycles. The molecule has 2 unspecified atom stereocenters. The van der Waals surface area contributed by atoms with Crippen LogP contribution in [0.1, 0.15) is 52.9 Å². The van der Waals surface area contributed by atoms with Gasteiger partial charge < -0.3 is 14.8 Å². The number of ether oxygens (including phenoxy) is 2. The first-order chi connectivity index (χ1) is 9.04. The summed E-state index contributed by atoms with van der Waals surface area (Å²) in [5.74, 6) is 0.515. The van der Waals surface area contributed by atoms with Crippen molar-refractivity contribution in [3.05, 3.63) is 0 Å². The van der Waals surface area contributed by atoms with E-state index in [1.807, 2.05) is 0 Å². The summed E-state index contributed by atoms with van der Waals surface area (Å²) in [5.41, 5.74) is -0.521. The minimum Gasteiger partial charge on any atom is -0.468 e. The predicted molar refractivity (Wildman–Crippen MR) is 76.1 cm³/mol. The van der Waals surface area contributed by atoms with Gasteiger partial charge in [0.1, 0.15) is 5.54 Å². The zero-order chi connectivity index (χ0) is 14.3. The van der Waals surface area contributed by atoms with Crippen molar-refractivity contribution in [2.24, 2.45) is 5.92 Å². The van der Waals surface area contributed by atoms with Crippen LogP contribution in [0.5, 0.6) is 0 Å². The van der Waals surface area contributed by atoms with Gasteiger partial charge in [-0.25, -0.2) is 0 Å². The maximum absolute atomic E-state index is 12.0. The molecule has 1 fully saturated rings. The monoisotopic (exact) mass is 271 g/mol. The lowest BCUT2D eigenvalue weighted by Gasteiger charge is -2.27. The van der Waals surface area contributed by atoms with E-state index in [1.54, 1.807) is 0 Å². The standard InChI is InChI=1S/C15H29NO3/c1-5-9-16-15(14(17)18-4)8-6-13(11-15)19-10-7-12(2)3/h12-13,16H,5-11H2,1-4H3. The van der Waals surface area contributed by atoms with Crippen molar-refractivity contribution in [2.45, 2.75) is 64.5 Å². The van der Waals surface area contributed by atoms with E-state index in [-0.39, 0.29) is 12.1 Å². The van der Waals surface area contributed by atoms with Crippen LogP contribution in [-0.4, -0.2) is 37.9 Å².